The zero-order valence-electron chi connectivity index (χ0n) is 12.0. The SMILES string of the molecule is COC(=O)C1CCCCC1C(=O)C(N)c1ccc(Br)cc1. The Morgan fingerprint density at radius 2 is 1.76 bits per heavy atom. The van der Waals surface area contributed by atoms with Gasteiger partial charge in [0.05, 0.1) is 19.1 Å². The third-order valence-electron chi connectivity index (χ3n) is 4.17. The fraction of sp³-hybridized carbons (Fsp3) is 0.500. The van der Waals surface area contributed by atoms with Gasteiger partial charge in [0, 0.05) is 10.4 Å². The Kier molecular flexibility index (Phi) is 5.53. The summed E-state index contributed by atoms with van der Waals surface area (Å²) in [5.74, 6) is -1.04. The summed E-state index contributed by atoms with van der Waals surface area (Å²) in [6.45, 7) is 0. The molecule has 0 bridgehead atoms. The van der Waals surface area contributed by atoms with Crippen molar-refractivity contribution in [1.82, 2.24) is 0 Å². The van der Waals surface area contributed by atoms with Crippen LogP contribution in [0.5, 0.6) is 0 Å². The number of Topliss-reactive ketones (excluding diaryl/α,β-unsaturated/α-hetero) is 1. The van der Waals surface area contributed by atoms with Crippen LogP contribution in [0.3, 0.4) is 0 Å². The summed E-state index contributed by atoms with van der Waals surface area (Å²) in [4.78, 5) is 24.5. The van der Waals surface area contributed by atoms with E-state index >= 15 is 0 Å². The summed E-state index contributed by atoms with van der Waals surface area (Å²) in [5, 5.41) is 0. The molecule has 0 heterocycles. The second-order valence-corrected chi connectivity index (χ2v) is 6.37. The molecule has 1 aliphatic rings. The van der Waals surface area contributed by atoms with E-state index in [0.717, 1.165) is 22.9 Å². The molecule has 0 saturated heterocycles. The summed E-state index contributed by atoms with van der Waals surface area (Å²) in [5.41, 5.74) is 6.88. The minimum Gasteiger partial charge on any atom is -0.469 e. The summed E-state index contributed by atoms with van der Waals surface area (Å²) in [6, 6.07) is 6.71. The van der Waals surface area contributed by atoms with Gasteiger partial charge >= 0.3 is 5.97 Å². The number of methoxy groups -OCH3 is 1. The summed E-state index contributed by atoms with van der Waals surface area (Å²) < 4.78 is 5.77. The molecule has 0 aromatic heterocycles. The number of ketones is 1. The largest absolute Gasteiger partial charge is 0.469 e. The maximum atomic E-state index is 12.7. The number of halogens is 1. The van der Waals surface area contributed by atoms with Gasteiger partial charge in [-0.05, 0) is 30.5 Å². The average molecular weight is 354 g/mol. The van der Waals surface area contributed by atoms with E-state index in [4.69, 9.17) is 10.5 Å². The van der Waals surface area contributed by atoms with E-state index in [1.165, 1.54) is 7.11 Å². The lowest BCUT2D eigenvalue weighted by molar-refractivity contribution is -0.151. The second-order valence-electron chi connectivity index (χ2n) is 5.45. The highest BCUT2D eigenvalue weighted by atomic mass is 79.9. The van der Waals surface area contributed by atoms with Crippen LogP contribution in [0.2, 0.25) is 0 Å². The highest BCUT2D eigenvalue weighted by Crippen LogP contribution is 2.34. The van der Waals surface area contributed by atoms with Crippen molar-refractivity contribution in [2.24, 2.45) is 17.6 Å². The predicted octanol–water partition coefficient (Wildman–Crippen LogP) is 3.00. The minimum atomic E-state index is -0.687. The Morgan fingerprint density at radius 1 is 1.19 bits per heavy atom. The number of carbonyl (C=O) groups excluding carboxylic acids is 2. The molecular formula is C16H20BrNO3. The minimum absolute atomic E-state index is 0.0626. The maximum Gasteiger partial charge on any atom is 0.309 e. The van der Waals surface area contributed by atoms with E-state index in [9.17, 15) is 9.59 Å². The van der Waals surface area contributed by atoms with Gasteiger partial charge in [-0.1, -0.05) is 40.9 Å². The third kappa shape index (κ3) is 3.71. The van der Waals surface area contributed by atoms with Gasteiger partial charge in [0.25, 0.3) is 0 Å². The molecule has 0 aliphatic heterocycles. The number of ether oxygens (including phenoxy) is 1. The van der Waals surface area contributed by atoms with Crippen LogP contribution in [0.25, 0.3) is 0 Å². The summed E-state index contributed by atoms with van der Waals surface area (Å²) in [7, 11) is 1.37. The lowest BCUT2D eigenvalue weighted by Gasteiger charge is -2.30. The van der Waals surface area contributed by atoms with E-state index in [1.54, 1.807) is 0 Å². The average Bonchev–Trinajstić information content (AvgIpc) is 2.53. The number of esters is 1. The molecule has 1 saturated carbocycles. The van der Waals surface area contributed by atoms with Crippen molar-refractivity contribution in [1.29, 1.82) is 0 Å². The molecule has 0 spiro atoms. The van der Waals surface area contributed by atoms with Crippen molar-refractivity contribution in [2.45, 2.75) is 31.7 Å². The Balaban J connectivity index is 2.16. The molecule has 1 fully saturated rings. The van der Waals surface area contributed by atoms with Crippen molar-refractivity contribution in [3.05, 3.63) is 34.3 Å². The Hall–Kier alpha value is -1.20. The van der Waals surface area contributed by atoms with E-state index < -0.39 is 6.04 Å². The fourth-order valence-corrected chi connectivity index (χ4v) is 3.23. The Bertz CT molecular complexity index is 515. The third-order valence-corrected chi connectivity index (χ3v) is 4.70. The quantitative estimate of drug-likeness (QED) is 0.844. The second kappa shape index (κ2) is 7.18. The van der Waals surface area contributed by atoms with Crippen LogP contribution in [0, 0.1) is 11.8 Å². The van der Waals surface area contributed by atoms with Crippen LogP contribution >= 0.6 is 15.9 Å². The number of nitrogens with two attached hydrogens (primary N) is 1. The smallest absolute Gasteiger partial charge is 0.309 e. The first-order chi connectivity index (χ1) is 10.0. The highest BCUT2D eigenvalue weighted by Gasteiger charge is 2.38. The molecule has 3 atom stereocenters. The summed E-state index contributed by atoms with van der Waals surface area (Å²) in [6.07, 6.45) is 3.33. The number of benzene rings is 1. The van der Waals surface area contributed by atoms with E-state index in [0.29, 0.717) is 12.8 Å². The number of hydrogen-bond acceptors (Lipinski definition) is 4. The normalized spacial score (nSPS) is 23.4. The first kappa shape index (κ1) is 16.2. The molecule has 0 amide bonds. The summed E-state index contributed by atoms with van der Waals surface area (Å²) >= 11 is 3.36. The molecule has 1 aliphatic carbocycles. The Labute approximate surface area is 133 Å². The molecule has 21 heavy (non-hydrogen) atoms. The molecule has 1 aromatic carbocycles. The topological polar surface area (TPSA) is 69.4 Å². The van der Waals surface area contributed by atoms with E-state index in [-0.39, 0.29) is 23.6 Å². The first-order valence-electron chi connectivity index (χ1n) is 7.17. The predicted molar refractivity (Wildman–Crippen MR) is 83.5 cm³/mol. The molecule has 4 nitrogen and oxygen atoms in total. The van der Waals surface area contributed by atoms with Crippen molar-refractivity contribution in [3.63, 3.8) is 0 Å². The number of rotatable bonds is 4. The number of hydrogen-bond donors (Lipinski definition) is 1. The zero-order valence-corrected chi connectivity index (χ0v) is 13.6. The van der Waals surface area contributed by atoms with Crippen LogP contribution in [0.4, 0.5) is 0 Å². The van der Waals surface area contributed by atoms with Gasteiger partial charge in [0.15, 0.2) is 5.78 Å². The lowest BCUT2D eigenvalue weighted by atomic mass is 9.74. The molecule has 0 radical (unpaired) electrons. The van der Waals surface area contributed by atoms with Crippen molar-refractivity contribution < 1.29 is 14.3 Å². The standard InChI is InChI=1S/C16H20BrNO3/c1-21-16(20)13-5-3-2-4-12(13)15(19)14(18)10-6-8-11(17)9-7-10/h6-9,12-14H,2-5,18H2,1H3. The Morgan fingerprint density at radius 3 is 2.33 bits per heavy atom. The van der Waals surface area contributed by atoms with Crippen molar-refractivity contribution in [2.75, 3.05) is 7.11 Å². The first-order valence-corrected chi connectivity index (χ1v) is 7.96. The van der Waals surface area contributed by atoms with Crippen molar-refractivity contribution >= 4 is 27.7 Å². The fourth-order valence-electron chi connectivity index (χ4n) is 2.97. The van der Waals surface area contributed by atoms with E-state index in [1.807, 2.05) is 24.3 Å². The monoisotopic (exact) mass is 353 g/mol. The van der Waals surface area contributed by atoms with Gasteiger partial charge in [-0.3, -0.25) is 9.59 Å². The van der Waals surface area contributed by atoms with Crippen LogP contribution < -0.4 is 5.73 Å². The molecule has 2 rings (SSSR count). The molecule has 5 heteroatoms. The molecule has 114 valence electrons. The number of carbonyl (C=O) groups is 2. The van der Waals surface area contributed by atoms with E-state index in [2.05, 4.69) is 15.9 Å². The van der Waals surface area contributed by atoms with Crippen LogP contribution in [0.1, 0.15) is 37.3 Å². The van der Waals surface area contributed by atoms with Gasteiger partial charge in [-0.25, -0.2) is 0 Å². The zero-order chi connectivity index (χ0) is 15.4. The maximum absolute atomic E-state index is 12.7. The van der Waals surface area contributed by atoms with Gasteiger partial charge in [0.1, 0.15) is 0 Å². The molecule has 2 N–H and O–H groups in total. The van der Waals surface area contributed by atoms with Gasteiger partial charge in [0.2, 0.25) is 0 Å². The van der Waals surface area contributed by atoms with Crippen molar-refractivity contribution in [3.8, 4) is 0 Å². The van der Waals surface area contributed by atoms with Gasteiger partial charge < -0.3 is 10.5 Å². The highest BCUT2D eigenvalue weighted by molar-refractivity contribution is 9.10. The van der Waals surface area contributed by atoms with Crippen LogP contribution in [-0.2, 0) is 14.3 Å². The van der Waals surface area contributed by atoms with Crippen LogP contribution in [0.15, 0.2) is 28.7 Å². The van der Waals surface area contributed by atoms with Crippen LogP contribution in [-0.4, -0.2) is 18.9 Å². The molecule has 1 aromatic rings. The molecule has 3 unspecified atom stereocenters. The van der Waals surface area contributed by atoms with Gasteiger partial charge in [-0.2, -0.15) is 0 Å². The lowest BCUT2D eigenvalue weighted by Crippen LogP contribution is -2.38. The molecular weight excluding hydrogens is 334 g/mol. The van der Waals surface area contributed by atoms with Gasteiger partial charge in [-0.15, -0.1) is 0 Å².